The lowest BCUT2D eigenvalue weighted by Crippen LogP contribution is -2.55. The number of nitrogens with one attached hydrogen (secondary N) is 2. The van der Waals surface area contributed by atoms with Crippen molar-refractivity contribution in [3.63, 3.8) is 0 Å². The first-order chi connectivity index (χ1) is 15.7. The van der Waals surface area contributed by atoms with Gasteiger partial charge in [-0.1, -0.05) is 40.0 Å². The van der Waals surface area contributed by atoms with Gasteiger partial charge in [0, 0.05) is 30.7 Å². The second-order valence-corrected chi connectivity index (χ2v) is 11.6. The van der Waals surface area contributed by atoms with Crippen molar-refractivity contribution in [1.29, 1.82) is 0 Å². The molecule has 1 spiro atoms. The minimum Gasteiger partial charge on any atom is -0.448 e. The molecule has 0 bridgehead atoms. The lowest BCUT2D eigenvalue weighted by atomic mass is 9.60. The molecule has 7 nitrogen and oxygen atoms in total. The molecule has 0 radical (unpaired) electrons. The van der Waals surface area contributed by atoms with E-state index in [0.717, 1.165) is 56.8 Å². The smallest absolute Gasteiger partial charge is 0.273 e. The summed E-state index contributed by atoms with van der Waals surface area (Å²) in [5, 5.41) is 3.11. The summed E-state index contributed by atoms with van der Waals surface area (Å²) in [7, 11) is 0. The summed E-state index contributed by atoms with van der Waals surface area (Å²) in [6.07, 6.45) is 12.5. The van der Waals surface area contributed by atoms with Crippen LogP contribution >= 0.6 is 0 Å². The van der Waals surface area contributed by atoms with Crippen molar-refractivity contribution in [2.24, 2.45) is 11.3 Å². The Morgan fingerprint density at radius 1 is 1.24 bits per heavy atom. The van der Waals surface area contributed by atoms with E-state index in [-0.39, 0.29) is 28.7 Å². The van der Waals surface area contributed by atoms with Gasteiger partial charge in [-0.3, -0.25) is 9.59 Å². The fourth-order valence-corrected chi connectivity index (χ4v) is 5.54. The summed E-state index contributed by atoms with van der Waals surface area (Å²) < 4.78 is 5.48. The molecule has 2 aromatic rings. The largest absolute Gasteiger partial charge is 0.448 e. The Bertz CT molecular complexity index is 1010. The molecule has 3 fully saturated rings. The molecular formula is C26H36N4O3. The number of nitrogens with zero attached hydrogens (tertiary/aromatic N) is 2. The monoisotopic (exact) mass is 452 g/mol. The van der Waals surface area contributed by atoms with Crippen LogP contribution in [0.5, 0.6) is 0 Å². The molecule has 2 aromatic heterocycles. The van der Waals surface area contributed by atoms with Crippen molar-refractivity contribution < 1.29 is 14.0 Å². The first-order valence-corrected chi connectivity index (χ1v) is 12.4. The van der Waals surface area contributed by atoms with E-state index in [1.165, 1.54) is 31.1 Å². The molecule has 1 aliphatic heterocycles. The van der Waals surface area contributed by atoms with Crippen molar-refractivity contribution in [3.8, 4) is 0 Å². The van der Waals surface area contributed by atoms with Crippen LogP contribution in [0.2, 0.25) is 0 Å². The standard InChI is InChI=1S/C26H36N4O3/c1-25(2,3)24-29-21(16-33-24)22(31)28-19-13-26(14-19)7-9-30(10-8-26)23(32)20-12-18(15-27-20)11-17-5-4-6-17/h12,15-17,19,27H,4-11,13-14H2,1-3H3,(H,28,31). The van der Waals surface area contributed by atoms with Crippen LogP contribution in [-0.4, -0.2) is 45.8 Å². The Hall–Kier alpha value is -2.57. The third kappa shape index (κ3) is 4.59. The summed E-state index contributed by atoms with van der Waals surface area (Å²) in [4.78, 5) is 35.1. The van der Waals surface area contributed by atoms with E-state index in [4.69, 9.17) is 4.42 Å². The van der Waals surface area contributed by atoms with Crippen LogP contribution in [0.25, 0.3) is 0 Å². The van der Waals surface area contributed by atoms with Crippen molar-refractivity contribution in [2.75, 3.05) is 13.1 Å². The van der Waals surface area contributed by atoms with E-state index >= 15 is 0 Å². The molecule has 33 heavy (non-hydrogen) atoms. The Morgan fingerprint density at radius 3 is 2.58 bits per heavy atom. The first kappa shape index (κ1) is 22.2. The second-order valence-electron chi connectivity index (χ2n) is 11.6. The second kappa shape index (κ2) is 8.33. The molecule has 2 amide bonds. The highest BCUT2D eigenvalue weighted by Gasteiger charge is 2.47. The molecule has 0 atom stereocenters. The number of rotatable bonds is 5. The third-order valence-electron chi connectivity index (χ3n) is 7.91. The average molecular weight is 453 g/mol. The number of amides is 2. The van der Waals surface area contributed by atoms with Crippen LogP contribution in [0, 0.1) is 11.3 Å². The molecule has 0 aromatic carbocycles. The van der Waals surface area contributed by atoms with E-state index in [1.54, 1.807) is 0 Å². The van der Waals surface area contributed by atoms with E-state index in [1.807, 2.05) is 31.9 Å². The number of aromatic nitrogens is 2. The Balaban J connectivity index is 1.08. The average Bonchev–Trinajstić information content (AvgIpc) is 3.39. The highest BCUT2D eigenvalue weighted by atomic mass is 16.3. The quantitative estimate of drug-likeness (QED) is 0.701. The zero-order chi connectivity index (χ0) is 23.2. The number of piperidine rings is 1. The molecule has 178 valence electrons. The van der Waals surface area contributed by atoms with Gasteiger partial charge in [-0.25, -0.2) is 4.98 Å². The minimum absolute atomic E-state index is 0.120. The Labute approximate surface area is 195 Å². The SMILES string of the molecule is CC(C)(C)c1nc(C(=O)NC2CC3(CCN(C(=O)c4cc(CC5CCC5)c[nH]4)CC3)C2)co1. The normalized spacial score (nSPS) is 21.0. The van der Waals surface area contributed by atoms with Gasteiger partial charge in [-0.2, -0.15) is 0 Å². The zero-order valence-electron chi connectivity index (χ0n) is 20.1. The number of hydrogen-bond acceptors (Lipinski definition) is 4. The molecule has 5 rings (SSSR count). The van der Waals surface area contributed by atoms with Gasteiger partial charge < -0.3 is 19.6 Å². The summed E-state index contributed by atoms with van der Waals surface area (Å²) in [5.41, 5.74) is 2.37. The fourth-order valence-electron chi connectivity index (χ4n) is 5.54. The van der Waals surface area contributed by atoms with Crippen LogP contribution in [0.1, 0.15) is 98.1 Å². The molecule has 3 heterocycles. The van der Waals surface area contributed by atoms with Crippen molar-refractivity contribution >= 4 is 11.8 Å². The first-order valence-electron chi connectivity index (χ1n) is 12.4. The lowest BCUT2D eigenvalue weighted by molar-refractivity contribution is 0.00839. The van der Waals surface area contributed by atoms with E-state index in [2.05, 4.69) is 21.4 Å². The number of oxazole rings is 1. The number of carbonyl (C=O) groups excluding carboxylic acids is 2. The maximum absolute atomic E-state index is 13.0. The Kier molecular flexibility index (Phi) is 5.61. The summed E-state index contributed by atoms with van der Waals surface area (Å²) in [6, 6.07) is 2.22. The van der Waals surface area contributed by atoms with Crippen molar-refractivity contribution in [2.45, 2.75) is 83.6 Å². The summed E-state index contributed by atoms with van der Waals surface area (Å²) >= 11 is 0. The number of carbonyl (C=O) groups is 2. The molecule has 7 heteroatoms. The van der Waals surface area contributed by atoms with Gasteiger partial charge in [-0.15, -0.1) is 0 Å². The van der Waals surface area contributed by atoms with Gasteiger partial charge in [0.2, 0.25) is 0 Å². The van der Waals surface area contributed by atoms with Gasteiger partial charge in [-0.05, 0) is 55.1 Å². The van der Waals surface area contributed by atoms with Gasteiger partial charge in [0.1, 0.15) is 12.0 Å². The van der Waals surface area contributed by atoms with Gasteiger partial charge >= 0.3 is 0 Å². The van der Waals surface area contributed by atoms with Crippen LogP contribution in [-0.2, 0) is 11.8 Å². The van der Waals surface area contributed by atoms with Gasteiger partial charge in [0.15, 0.2) is 11.6 Å². The molecule has 2 N–H and O–H groups in total. The number of likely N-dealkylation sites (tertiary alicyclic amines) is 1. The van der Waals surface area contributed by atoms with Crippen LogP contribution in [0.3, 0.4) is 0 Å². The van der Waals surface area contributed by atoms with E-state index in [0.29, 0.717) is 11.6 Å². The van der Waals surface area contributed by atoms with Crippen molar-refractivity contribution in [3.05, 3.63) is 41.4 Å². The minimum atomic E-state index is -0.219. The molecule has 0 unspecified atom stereocenters. The van der Waals surface area contributed by atoms with E-state index in [9.17, 15) is 9.59 Å². The van der Waals surface area contributed by atoms with Crippen LogP contribution < -0.4 is 5.32 Å². The lowest BCUT2D eigenvalue weighted by Gasteiger charge is -2.52. The molecule has 3 aliphatic rings. The van der Waals surface area contributed by atoms with Gasteiger partial charge in [0.05, 0.1) is 0 Å². The Morgan fingerprint density at radius 2 is 1.97 bits per heavy atom. The third-order valence-corrected chi connectivity index (χ3v) is 7.91. The van der Waals surface area contributed by atoms with Crippen molar-refractivity contribution in [1.82, 2.24) is 20.2 Å². The van der Waals surface area contributed by atoms with Crippen LogP contribution in [0.4, 0.5) is 0 Å². The highest BCUT2D eigenvalue weighted by Crippen LogP contribution is 2.49. The zero-order valence-corrected chi connectivity index (χ0v) is 20.1. The van der Waals surface area contributed by atoms with Crippen LogP contribution in [0.15, 0.2) is 22.9 Å². The van der Waals surface area contributed by atoms with Gasteiger partial charge in [0.25, 0.3) is 11.8 Å². The maximum Gasteiger partial charge on any atom is 0.273 e. The molecule has 1 saturated heterocycles. The predicted molar refractivity (Wildman–Crippen MR) is 125 cm³/mol. The number of aromatic amines is 1. The highest BCUT2D eigenvalue weighted by molar-refractivity contribution is 5.93. The predicted octanol–water partition coefficient (Wildman–Crippen LogP) is 4.46. The number of H-pyrrole nitrogens is 1. The molecule has 2 aliphatic carbocycles. The fraction of sp³-hybridized carbons (Fsp3) is 0.654. The summed E-state index contributed by atoms with van der Waals surface area (Å²) in [5.74, 6) is 1.34. The van der Waals surface area contributed by atoms with E-state index < -0.39 is 0 Å². The molecule has 2 saturated carbocycles. The number of hydrogen-bond donors (Lipinski definition) is 2. The topological polar surface area (TPSA) is 91.2 Å². The maximum atomic E-state index is 13.0. The molecular weight excluding hydrogens is 416 g/mol. The summed E-state index contributed by atoms with van der Waals surface area (Å²) in [6.45, 7) is 7.61.